The van der Waals surface area contributed by atoms with E-state index in [-0.39, 0.29) is 5.82 Å². The van der Waals surface area contributed by atoms with E-state index in [0.29, 0.717) is 16.8 Å². The van der Waals surface area contributed by atoms with Crippen molar-refractivity contribution in [3.63, 3.8) is 0 Å². The lowest BCUT2D eigenvalue weighted by Crippen LogP contribution is -2.05. The van der Waals surface area contributed by atoms with Gasteiger partial charge in [-0.15, -0.1) is 0 Å². The maximum Gasteiger partial charge on any atom is 0.133 e. The van der Waals surface area contributed by atoms with Crippen LogP contribution in [0.15, 0.2) is 73.0 Å². The summed E-state index contributed by atoms with van der Waals surface area (Å²) in [4.78, 5) is 0. The Kier molecular flexibility index (Phi) is 7.60. The fraction of sp³-hybridized carbons (Fsp3) is 0.231. The normalized spacial score (nSPS) is 12.4. The molecular weight excluding hydrogens is 359 g/mol. The summed E-state index contributed by atoms with van der Waals surface area (Å²) < 4.78 is 14.5. The van der Waals surface area contributed by atoms with Crippen molar-refractivity contribution in [3.8, 4) is 0 Å². The number of aryl methyl sites for hydroxylation is 2. The third kappa shape index (κ3) is 5.47. The Hall–Kier alpha value is -3.07. The molecular formula is C26H31FN2. The third-order valence-electron chi connectivity index (χ3n) is 5.03. The molecule has 0 spiro atoms. The van der Waals surface area contributed by atoms with Crippen molar-refractivity contribution < 1.29 is 4.39 Å². The molecule has 0 aromatic heterocycles. The molecule has 0 amide bonds. The van der Waals surface area contributed by atoms with Gasteiger partial charge in [-0.3, -0.25) is 0 Å². The van der Waals surface area contributed by atoms with Gasteiger partial charge in [0.25, 0.3) is 0 Å². The van der Waals surface area contributed by atoms with Gasteiger partial charge in [-0.25, -0.2) is 4.39 Å². The molecule has 0 fully saturated rings. The van der Waals surface area contributed by atoms with Crippen LogP contribution in [0, 0.1) is 12.7 Å². The van der Waals surface area contributed by atoms with Crippen molar-refractivity contribution in [1.29, 1.82) is 0 Å². The van der Waals surface area contributed by atoms with Crippen molar-refractivity contribution in [2.24, 2.45) is 5.73 Å². The molecule has 152 valence electrons. The second-order valence-corrected chi connectivity index (χ2v) is 7.33. The summed E-state index contributed by atoms with van der Waals surface area (Å²) in [6.07, 6.45) is 5.77. The molecule has 0 aliphatic rings. The van der Waals surface area contributed by atoms with E-state index in [1.54, 1.807) is 25.1 Å². The quantitative estimate of drug-likeness (QED) is 0.477. The van der Waals surface area contributed by atoms with Gasteiger partial charge < -0.3 is 11.1 Å². The van der Waals surface area contributed by atoms with Crippen LogP contribution in [-0.2, 0) is 6.42 Å². The predicted molar refractivity (Wildman–Crippen MR) is 125 cm³/mol. The number of benzene rings is 2. The van der Waals surface area contributed by atoms with Crippen LogP contribution >= 0.6 is 0 Å². The SMILES string of the molecule is C=C/C(=C\C(C)=C(/C)c1cccc(C)c1F)Nc1ccc(CCC)cc1C(=C)N. The first-order valence-electron chi connectivity index (χ1n) is 9.90. The standard InChI is InChI=1S/C26H31FN2/c1-7-10-21-13-14-25(24(16-21)20(6)28)29-22(8-2)15-18(4)19(5)23-12-9-11-17(3)26(23)27/h8-9,11-16,29H,2,6-7,10,28H2,1,3-5H3/b19-18+,22-15+. The summed E-state index contributed by atoms with van der Waals surface area (Å²) >= 11 is 0. The fourth-order valence-corrected chi connectivity index (χ4v) is 3.20. The van der Waals surface area contributed by atoms with E-state index in [9.17, 15) is 4.39 Å². The zero-order valence-electron chi connectivity index (χ0n) is 17.9. The smallest absolute Gasteiger partial charge is 0.133 e. The molecule has 0 aliphatic heterocycles. The lowest BCUT2D eigenvalue weighted by Gasteiger charge is -2.15. The largest absolute Gasteiger partial charge is 0.399 e. The second-order valence-electron chi connectivity index (χ2n) is 7.33. The summed E-state index contributed by atoms with van der Waals surface area (Å²) in [5.74, 6) is -0.181. The molecule has 2 aromatic rings. The number of nitrogens with two attached hydrogens (primary N) is 1. The van der Waals surface area contributed by atoms with Crippen LogP contribution in [0.5, 0.6) is 0 Å². The van der Waals surface area contributed by atoms with E-state index in [2.05, 4.69) is 37.5 Å². The first kappa shape index (κ1) is 22.2. The highest BCUT2D eigenvalue weighted by atomic mass is 19.1. The number of anilines is 1. The van der Waals surface area contributed by atoms with Gasteiger partial charge in [0.2, 0.25) is 0 Å². The van der Waals surface area contributed by atoms with E-state index >= 15 is 0 Å². The lowest BCUT2D eigenvalue weighted by molar-refractivity contribution is 0.614. The first-order valence-corrected chi connectivity index (χ1v) is 9.90. The number of nitrogens with one attached hydrogen (secondary N) is 1. The molecule has 3 heteroatoms. The number of hydrogen-bond acceptors (Lipinski definition) is 2. The van der Waals surface area contributed by atoms with E-state index in [1.165, 1.54) is 5.56 Å². The van der Waals surface area contributed by atoms with Gasteiger partial charge in [-0.1, -0.05) is 50.8 Å². The highest BCUT2D eigenvalue weighted by molar-refractivity contribution is 5.76. The van der Waals surface area contributed by atoms with Gasteiger partial charge >= 0.3 is 0 Å². The molecule has 0 unspecified atom stereocenters. The van der Waals surface area contributed by atoms with Gasteiger partial charge in [-0.2, -0.15) is 0 Å². The topological polar surface area (TPSA) is 38.0 Å². The van der Waals surface area contributed by atoms with Crippen LogP contribution < -0.4 is 11.1 Å². The molecule has 0 saturated heterocycles. The maximum absolute atomic E-state index is 14.5. The first-order chi connectivity index (χ1) is 13.8. The Labute approximate surface area is 174 Å². The lowest BCUT2D eigenvalue weighted by atomic mass is 9.99. The van der Waals surface area contributed by atoms with Crippen molar-refractivity contribution in [3.05, 3.63) is 101 Å². The Morgan fingerprint density at radius 2 is 1.90 bits per heavy atom. The number of hydrogen-bond donors (Lipinski definition) is 2. The predicted octanol–water partition coefficient (Wildman–Crippen LogP) is 6.99. The molecule has 0 atom stereocenters. The van der Waals surface area contributed by atoms with E-state index in [0.717, 1.165) is 40.9 Å². The molecule has 0 aliphatic carbocycles. The van der Waals surface area contributed by atoms with Crippen LogP contribution in [0.25, 0.3) is 11.3 Å². The molecule has 2 aromatic carbocycles. The van der Waals surface area contributed by atoms with Gasteiger partial charge in [0.05, 0.1) is 0 Å². The minimum Gasteiger partial charge on any atom is -0.399 e. The third-order valence-corrected chi connectivity index (χ3v) is 5.03. The Bertz CT molecular complexity index is 980. The minimum absolute atomic E-state index is 0.181. The highest BCUT2D eigenvalue weighted by Crippen LogP contribution is 2.27. The van der Waals surface area contributed by atoms with Crippen LogP contribution in [0.2, 0.25) is 0 Å². The van der Waals surface area contributed by atoms with E-state index in [1.807, 2.05) is 32.1 Å². The summed E-state index contributed by atoms with van der Waals surface area (Å²) in [5, 5.41) is 3.39. The zero-order valence-corrected chi connectivity index (χ0v) is 17.9. The fourth-order valence-electron chi connectivity index (χ4n) is 3.20. The maximum atomic E-state index is 14.5. The molecule has 29 heavy (non-hydrogen) atoms. The van der Waals surface area contributed by atoms with Gasteiger partial charge in [0.1, 0.15) is 5.82 Å². The van der Waals surface area contributed by atoms with E-state index < -0.39 is 0 Å². The molecule has 0 bridgehead atoms. The highest BCUT2D eigenvalue weighted by Gasteiger charge is 2.10. The summed E-state index contributed by atoms with van der Waals surface area (Å²) in [6.45, 7) is 15.6. The zero-order chi connectivity index (χ0) is 21.6. The monoisotopic (exact) mass is 390 g/mol. The average Bonchev–Trinajstić information content (AvgIpc) is 2.70. The van der Waals surface area contributed by atoms with Crippen LogP contribution in [0.4, 0.5) is 10.1 Å². The summed E-state index contributed by atoms with van der Waals surface area (Å²) in [7, 11) is 0. The van der Waals surface area contributed by atoms with Crippen LogP contribution in [-0.4, -0.2) is 0 Å². The number of halogens is 1. The van der Waals surface area contributed by atoms with Gasteiger partial charge in [0.15, 0.2) is 0 Å². The van der Waals surface area contributed by atoms with Crippen molar-refractivity contribution in [2.45, 2.75) is 40.5 Å². The minimum atomic E-state index is -0.181. The van der Waals surface area contributed by atoms with Crippen molar-refractivity contribution in [2.75, 3.05) is 5.32 Å². The summed E-state index contributed by atoms with van der Waals surface area (Å²) in [5.41, 5.74) is 13.4. The Balaban J connectivity index is 2.41. The van der Waals surface area contributed by atoms with E-state index in [4.69, 9.17) is 5.73 Å². The van der Waals surface area contributed by atoms with Crippen LogP contribution in [0.1, 0.15) is 49.4 Å². The van der Waals surface area contributed by atoms with Crippen molar-refractivity contribution in [1.82, 2.24) is 0 Å². The summed E-state index contributed by atoms with van der Waals surface area (Å²) in [6, 6.07) is 11.6. The molecule has 0 saturated carbocycles. The number of rotatable bonds is 8. The molecule has 2 nitrogen and oxygen atoms in total. The Morgan fingerprint density at radius 1 is 1.17 bits per heavy atom. The average molecular weight is 391 g/mol. The molecule has 2 rings (SSSR count). The van der Waals surface area contributed by atoms with Gasteiger partial charge in [-0.05, 0) is 73.7 Å². The second kappa shape index (κ2) is 9.92. The number of allylic oxidation sites excluding steroid dienone is 4. The molecule has 0 heterocycles. The Morgan fingerprint density at radius 3 is 2.52 bits per heavy atom. The molecule has 0 radical (unpaired) electrons. The van der Waals surface area contributed by atoms with Gasteiger partial charge in [0, 0.05) is 28.2 Å². The molecule has 3 N–H and O–H groups in total. The van der Waals surface area contributed by atoms with Crippen LogP contribution in [0.3, 0.4) is 0 Å². The van der Waals surface area contributed by atoms with Crippen molar-refractivity contribution >= 4 is 17.0 Å².